The van der Waals surface area contributed by atoms with Crippen LogP contribution in [0.3, 0.4) is 0 Å². The second-order valence-electron chi connectivity index (χ2n) is 13.4. The zero-order valence-electron chi connectivity index (χ0n) is 30.4. The minimum absolute atomic E-state index is 0.00629. The van der Waals surface area contributed by atoms with E-state index in [1.165, 1.54) is 42.1 Å². The number of unbranched alkanes of at least 4 members (excludes halogenated alkanes) is 2. The first kappa shape index (κ1) is 40.5. The Kier molecular flexibility index (Phi) is 14.4. The SMILES string of the molecule is CCCCC1(CCCC)CN(c2ccccc2)c2cc(SC)c(OCC(=O)NC(C(=O)NC(CCC)C(=O)O)c3ccc(O)cc3)cc2S(=O)(=O)C1. The van der Waals surface area contributed by atoms with Gasteiger partial charge in [0.1, 0.15) is 23.6 Å². The second-order valence-corrected chi connectivity index (χ2v) is 16.2. The standard InChI is InChI=1S/C39H51N3O8S2/c1-5-8-20-39(21-9-6-2)25-42(28-14-11-10-12-15-28)31-22-33(51-4)32(23-34(31)52(48,49)26-39)50-24-35(44)41-36(27-16-18-29(43)19-17-27)37(45)40-30(13-7-3)38(46)47/h10-12,14-19,22-23,30,36,43H,5-9,13,20-21,24-26H2,1-4H3,(H,40,45)(H,41,44)(H,46,47). The summed E-state index contributed by atoms with van der Waals surface area (Å²) in [7, 11) is -3.82. The fraction of sp³-hybridized carbons (Fsp3) is 0.462. The van der Waals surface area contributed by atoms with Crippen molar-refractivity contribution in [1.82, 2.24) is 10.6 Å². The number of carboxylic acid groups (broad SMARTS) is 1. The second kappa shape index (κ2) is 18.5. The van der Waals surface area contributed by atoms with Crippen molar-refractivity contribution in [3.05, 3.63) is 72.3 Å². The number of nitrogens with one attached hydrogen (secondary N) is 2. The van der Waals surface area contributed by atoms with Gasteiger partial charge in [0.05, 0.1) is 21.2 Å². The number of amides is 2. The lowest BCUT2D eigenvalue weighted by Crippen LogP contribution is -2.48. The van der Waals surface area contributed by atoms with Gasteiger partial charge in [-0.15, -0.1) is 11.8 Å². The summed E-state index contributed by atoms with van der Waals surface area (Å²) in [6.45, 7) is 6.02. The molecule has 0 spiro atoms. The van der Waals surface area contributed by atoms with Gasteiger partial charge < -0.3 is 30.5 Å². The third kappa shape index (κ3) is 10.2. The minimum Gasteiger partial charge on any atom is -0.508 e. The lowest BCUT2D eigenvalue weighted by Gasteiger charge is -2.37. The number of benzene rings is 3. The molecule has 0 aliphatic carbocycles. The number of carboxylic acids is 1. The first-order chi connectivity index (χ1) is 24.9. The van der Waals surface area contributed by atoms with Crippen LogP contribution in [0.15, 0.2) is 76.5 Å². The zero-order chi connectivity index (χ0) is 37.9. The number of ether oxygens (including phenoxy) is 1. The lowest BCUT2D eigenvalue weighted by molar-refractivity contribution is -0.142. The van der Waals surface area contributed by atoms with Crippen LogP contribution in [0.2, 0.25) is 0 Å². The maximum Gasteiger partial charge on any atom is 0.326 e. The van der Waals surface area contributed by atoms with Gasteiger partial charge >= 0.3 is 5.97 Å². The van der Waals surface area contributed by atoms with Gasteiger partial charge in [0.25, 0.3) is 5.91 Å². The fourth-order valence-electron chi connectivity index (χ4n) is 6.69. The van der Waals surface area contributed by atoms with Gasteiger partial charge in [-0.2, -0.15) is 0 Å². The third-order valence-electron chi connectivity index (χ3n) is 9.39. The number of anilines is 2. The van der Waals surface area contributed by atoms with Crippen molar-refractivity contribution in [2.75, 3.05) is 30.1 Å². The molecule has 4 N–H and O–H groups in total. The lowest BCUT2D eigenvalue weighted by atomic mass is 9.79. The molecule has 0 radical (unpaired) electrons. The maximum absolute atomic E-state index is 14.4. The Labute approximate surface area is 311 Å². The average Bonchev–Trinajstić information content (AvgIpc) is 3.22. The number of aromatic hydroxyl groups is 1. The topological polar surface area (TPSA) is 162 Å². The molecule has 3 aromatic carbocycles. The third-order valence-corrected chi connectivity index (χ3v) is 12.1. The number of carbonyl (C=O) groups is 3. The van der Waals surface area contributed by atoms with Gasteiger partial charge in [0.2, 0.25) is 5.91 Å². The van der Waals surface area contributed by atoms with Gasteiger partial charge in [-0.1, -0.05) is 83.2 Å². The van der Waals surface area contributed by atoms with Gasteiger partial charge in [-0.05, 0) is 61.4 Å². The smallest absolute Gasteiger partial charge is 0.326 e. The van der Waals surface area contributed by atoms with Crippen LogP contribution in [0, 0.1) is 5.41 Å². The van der Waals surface area contributed by atoms with Crippen molar-refractivity contribution >= 4 is 50.8 Å². The molecule has 11 nitrogen and oxygen atoms in total. The van der Waals surface area contributed by atoms with Crippen molar-refractivity contribution < 1.29 is 37.8 Å². The summed E-state index contributed by atoms with van der Waals surface area (Å²) in [5.41, 5.74) is 1.30. The highest BCUT2D eigenvalue weighted by Gasteiger charge is 2.42. The van der Waals surface area contributed by atoms with Crippen molar-refractivity contribution in [2.24, 2.45) is 5.41 Å². The monoisotopic (exact) mass is 753 g/mol. The number of phenolic OH excluding ortho intramolecular Hbond substituents is 1. The van der Waals surface area contributed by atoms with Crippen LogP contribution in [-0.4, -0.2) is 67.6 Å². The number of nitrogens with zero attached hydrogens (tertiary/aromatic N) is 1. The quantitative estimate of drug-likeness (QED) is 0.0995. The van der Waals surface area contributed by atoms with Gasteiger partial charge in [0.15, 0.2) is 16.4 Å². The number of fused-ring (bicyclic) bond motifs is 1. The summed E-state index contributed by atoms with van der Waals surface area (Å²) in [5.74, 6) is -2.47. The van der Waals surface area contributed by atoms with E-state index in [2.05, 4.69) is 29.4 Å². The molecule has 1 heterocycles. The molecule has 0 saturated heterocycles. The molecule has 0 saturated carbocycles. The van der Waals surface area contributed by atoms with E-state index in [9.17, 15) is 33.0 Å². The fourth-order valence-corrected chi connectivity index (χ4v) is 9.36. The van der Waals surface area contributed by atoms with Crippen LogP contribution >= 0.6 is 11.8 Å². The number of hydrogen-bond donors (Lipinski definition) is 4. The molecule has 0 bridgehead atoms. The van der Waals surface area contributed by atoms with Crippen LogP contribution in [-0.2, 0) is 24.2 Å². The Balaban J connectivity index is 1.68. The van der Waals surface area contributed by atoms with Gasteiger partial charge in [0, 0.05) is 23.7 Å². The van der Waals surface area contributed by atoms with Gasteiger partial charge in [-0.25, -0.2) is 13.2 Å². The maximum atomic E-state index is 14.4. The molecule has 2 atom stereocenters. The van der Waals surface area contributed by atoms with Gasteiger partial charge in [-0.3, -0.25) is 9.59 Å². The first-order valence-corrected chi connectivity index (χ1v) is 20.8. The predicted molar refractivity (Wildman–Crippen MR) is 204 cm³/mol. The van der Waals surface area contributed by atoms with Crippen LogP contribution in [0.5, 0.6) is 11.5 Å². The number of aliphatic carboxylic acids is 1. The van der Waals surface area contributed by atoms with Crippen molar-refractivity contribution in [1.29, 1.82) is 0 Å². The number of phenols is 1. The highest BCUT2D eigenvalue weighted by molar-refractivity contribution is 7.98. The van der Waals surface area contributed by atoms with Crippen LogP contribution in [0.4, 0.5) is 11.4 Å². The highest BCUT2D eigenvalue weighted by atomic mass is 32.2. The molecular weight excluding hydrogens is 703 g/mol. The molecule has 282 valence electrons. The Morgan fingerprint density at radius 2 is 1.60 bits per heavy atom. The number of rotatable bonds is 18. The van der Waals surface area contributed by atoms with Crippen LogP contribution < -0.4 is 20.3 Å². The Hall–Kier alpha value is -4.23. The normalized spacial score (nSPS) is 15.8. The van der Waals surface area contributed by atoms with E-state index in [1.54, 1.807) is 6.92 Å². The van der Waals surface area contributed by atoms with E-state index >= 15 is 0 Å². The summed E-state index contributed by atoms with van der Waals surface area (Å²) in [6.07, 6.45) is 7.85. The number of carbonyl (C=O) groups excluding carboxylic acids is 2. The molecule has 4 rings (SSSR count). The molecule has 0 fully saturated rings. The van der Waals surface area contributed by atoms with E-state index in [1.807, 2.05) is 42.7 Å². The van der Waals surface area contributed by atoms with Crippen LogP contribution in [0.25, 0.3) is 0 Å². The zero-order valence-corrected chi connectivity index (χ0v) is 32.0. The number of thioether (sulfide) groups is 1. The molecular formula is C39H51N3O8S2. The molecule has 1 aliphatic heterocycles. The van der Waals surface area contributed by atoms with Crippen molar-refractivity contribution in [3.63, 3.8) is 0 Å². The predicted octanol–water partition coefficient (Wildman–Crippen LogP) is 7.01. The molecule has 1 aliphatic rings. The summed E-state index contributed by atoms with van der Waals surface area (Å²) >= 11 is 1.36. The number of hydrogen-bond acceptors (Lipinski definition) is 9. The number of sulfone groups is 1. The molecule has 2 unspecified atom stereocenters. The number of para-hydroxylation sites is 1. The Morgan fingerprint density at radius 1 is 0.942 bits per heavy atom. The van der Waals surface area contributed by atoms with E-state index < -0.39 is 51.7 Å². The van der Waals surface area contributed by atoms with Crippen molar-refractivity contribution in [3.8, 4) is 11.5 Å². The summed E-state index contributed by atoms with van der Waals surface area (Å²) in [6, 6.07) is 16.3. The molecule has 2 amide bonds. The minimum atomic E-state index is -3.82. The van der Waals surface area contributed by atoms with E-state index in [0.717, 1.165) is 44.2 Å². The summed E-state index contributed by atoms with van der Waals surface area (Å²) in [5, 5.41) is 24.5. The van der Waals surface area contributed by atoms with Crippen LogP contribution in [0.1, 0.15) is 83.7 Å². The van der Waals surface area contributed by atoms with E-state index in [4.69, 9.17) is 4.74 Å². The summed E-state index contributed by atoms with van der Waals surface area (Å²) in [4.78, 5) is 41.4. The molecule has 3 aromatic rings. The Bertz CT molecular complexity index is 1780. The van der Waals surface area contributed by atoms with Crippen molar-refractivity contribution in [2.45, 2.75) is 94.0 Å². The average molecular weight is 754 g/mol. The van der Waals surface area contributed by atoms with E-state index in [0.29, 0.717) is 29.1 Å². The highest BCUT2D eigenvalue weighted by Crippen LogP contribution is 2.47. The molecule has 52 heavy (non-hydrogen) atoms. The molecule has 0 aromatic heterocycles. The van der Waals surface area contributed by atoms with E-state index in [-0.39, 0.29) is 28.6 Å². The Morgan fingerprint density at radius 3 is 2.17 bits per heavy atom. The largest absolute Gasteiger partial charge is 0.508 e. The molecule has 13 heteroatoms. The summed E-state index contributed by atoms with van der Waals surface area (Å²) < 4.78 is 34.9. The first-order valence-electron chi connectivity index (χ1n) is 17.9.